The minimum absolute atomic E-state index is 0.244. The van der Waals surface area contributed by atoms with E-state index in [4.69, 9.17) is 0 Å². The molecule has 0 aliphatic carbocycles. The summed E-state index contributed by atoms with van der Waals surface area (Å²) in [6.07, 6.45) is 1.32. The third-order valence-corrected chi connectivity index (χ3v) is 2.28. The van der Waals surface area contributed by atoms with Crippen LogP contribution in [-0.2, 0) is 9.59 Å². The van der Waals surface area contributed by atoms with Crippen LogP contribution in [-0.4, -0.2) is 48.0 Å². The van der Waals surface area contributed by atoms with Gasteiger partial charge in [0.05, 0.1) is 0 Å². The fourth-order valence-corrected chi connectivity index (χ4v) is 1.46. The Morgan fingerprint density at radius 1 is 1.44 bits per heavy atom. The summed E-state index contributed by atoms with van der Waals surface area (Å²) in [5.74, 6) is -0.978. The second kappa shape index (κ2) is 4.75. The number of rotatable bonds is 1. The Hall–Kier alpha value is -1.89. The molecule has 0 unspecified atom stereocenters. The Kier molecular flexibility index (Phi) is 3.16. The van der Waals surface area contributed by atoms with Crippen molar-refractivity contribution in [3.63, 3.8) is 0 Å². The van der Waals surface area contributed by atoms with Crippen molar-refractivity contribution in [3.8, 4) is 0 Å². The molecule has 0 spiro atoms. The average Bonchev–Trinajstić information content (AvgIpc) is 2.82. The standard InChI is InChI=1S/C9H12N4O3/c14-8(11-7-1-6-16-12-7)9(15)13-4-2-10-3-5-13/h1,6,10H,2-5H2,(H,11,12,14). The number of amides is 2. The first kappa shape index (κ1) is 10.6. The van der Waals surface area contributed by atoms with Crippen LogP contribution in [0.2, 0.25) is 0 Å². The SMILES string of the molecule is O=C(Nc1ccon1)C(=O)N1CCNCC1. The van der Waals surface area contributed by atoms with E-state index in [0.717, 1.165) is 0 Å². The summed E-state index contributed by atoms with van der Waals surface area (Å²) in [7, 11) is 0. The molecule has 0 aromatic carbocycles. The number of piperazine rings is 1. The highest BCUT2D eigenvalue weighted by molar-refractivity contribution is 6.39. The Labute approximate surface area is 91.8 Å². The average molecular weight is 224 g/mol. The van der Waals surface area contributed by atoms with E-state index in [-0.39, 0.29) is 5.82 Å². The molecule has 1 aliphatic rings. The topological polar surface area (TPSA) is 87.5 Å². The highest BCUT2D eigenvalue weighted by Crippen LogP contribution is 2.02. The monoisotopic (exact) mass is 224 g/mol. The summed E-state index contributed by atoms with van der Waals surface area (Å²) < 4.78 is 4.54. The number of hydrogen-bond donors (Lipinski definition) is 2. The summed E-state index contributed by atoms with van der Waals surface area (Å²) in [6, 6.07) is 1.48. The largest absolute Gasteiger partial charge is 0.363 e. The molecule has 1 fully saturated rings. The van der Waals surface area contributed by atoms with Gasteiger partial charge in [-0.2, -0.15) is 0 Å². The van der Waals surface area contributed by atoms with Gasteiger partial charge in [0, 0.05) is 32.2 Å². The lowest BCUT2D eigenvalue weighted by Gasteiger charge is -2.26. The first-order chi connectivity index (χ1) is 7.77. The van der Waals surface area contributed by atoms with Crippen molar-refractivity contribution in [2.24, 2.45) is 0 Å². The first-order valence-electron chi connectivity index (χ1n) is 4.99. The van der Waals surface area contributed by atoms with E-state index >= 15 is 0 Å². The van der Waals surface area contributed by atoms with Gasteiger partial charge >= 0.3 is 11.8 Å². The van der Waals surface area contributed by atoms with Gasteiger partial charge in [-0.25, -0.2) is 0 Å². The van der Waals surface area contributed by atoms with Gasteiger partial charge in [0.2, 0.25) is 0 Å². The Morgan fingerprint density at radius 3 is 2.81 bits per heavy atom. The van der Waals surface area contributed by atoms with Crippen LogP contribution in [0.5, 0.6) is 0 Å². The lowest BCUT2D eigenvalue weighted by atomic mass is 10.3. The van der Waals surface area contributed by atoms with Crippen LogP contribution >= 0.6 is 0 Å². The van der Waals surface area contributed by atoms with E-state index in [1.165, 1.54) is 17.2 Å². The molecule has 1 aromatic rings. The number of aromatic nitrogens is 1. The van der Waals surface area contributed by atoms with Gasteiger partial charge in [0.1, 0.15) is 6.26 Å². The molecule has 2 N–H and O–H groups in total. The molecule has 2 rings (SSSR count). The second-order valence-corrected chi connectivity index (χ2v) is 3.38. The van der Waals surface area contributed by atoms with Crippen LogP contribution in [0.4, 0.5) is 5.82 Å². The highest BCUT2D eigenvalue weighted by atomic mass is 16.5. The van der Waals surface area contributed by atoms with Crippen LogP contribution in [0.1, 0.15) is 0 Å². The van der Waals surface area contributed by atoms with E-state index in [2.05, 4.69) is 20.3 Å². The number of anilines is 1. The summed E-state index contributed by atoms with van der Waals surface area (Å²) in [5.41, 5.74) is 0. The van der Waals surface area contributed by atoms with Gasteiger partial charge in [-0.1, -0.05) is 5.16 Å². The van der Waals surface area contributed by atoms with Gasteiger partial charge in [0.15, 0.2) is 5.82 Å². The maximum absolute atomic E-state index is 11.7. The van der Waals surface area contributed by atoms with Gasteiger partial charge in [-0.15, -0.1) is 0 Å². The van der Waals surface area contributed by atoms with Crippen molar-refractivity contribution < 1.29 is 14.1 Å². The molecular weight excluding hydrogens is 212 g/mol. The first-order valence-corrected chi connectivity index (χ1v) is 4.99. The number of hydrogen-bond acceptors (Lipinski definition) is 5. The zero-order valence-electron chi connectivity index (χ0n) is 8.60. The van der Waals surface area contributed by atoms with Gasteiger partial charge in [-0.05, 0) is 0 Å². The number of carbonyl (C=O) groups is 2. The summed E-state index contributed by atoms with van der Waals surface area (Å²) in [6.45, 7) is 2.52. The molecule has 0 atom stereocenters. The van der Waals surface area contributed by atoms with Crippen LogP contribution in [0.3, 0.4) is 0 Å². The Morgan fingerprint density at radius 2 is 2.19 bits per heavy atom. The number of nitrogens with zero attached hydrogens (tertiary/aromatic N) is 2. The fraction of sp³-hybridized carbons (Fsp3) is 0.444. The van der Waals surface area contributed by atoms with Crippen LogP contribution in [0.15, 0.2) is 16.9 Å². The van der Waals surface area contributed by atoms with Crippen molar-refractivity contribution in [1.82, 2.24) is 15.4 Å². The summed E-state index contributed by atoms with van der Waals surface area (Å²) in [4.78, 5) is 24.7. The Balaban J connectivity index is 1.91. The van der Waals surface area contributed by atoms with Crippen LogP contribution in [0.25, 0.3) is 0 Å². The third kappa shape index (κ3) is 2.37. The molecule has 1 aliphatic heterocycles. The van der Waals surface area contributed by atoms with E-state index < -0.39 is 11.8 Å². The van der Waals surface area contributed by atoms with E-state index in [0.29, 0.717) is 26.2 Å². The maximum atomic E-state index is 11.7. The fourth-order valence-electron chi connectivity index (χ4n) is 1.46. The van der Waals surface area contributed by atoms with E-state index in [1.807, 2.05) is 0 Å². The predicted octanol–water partition coefficient (Wildman–Crippen LogP) is -0.955. The molecular formula is C9H12N4O3. The maximum Gasteiger partial charge on any atom is 0.315 e. The quantitative estimate of drug-likeness (QED) is 0.600. The summed E-state index contributed by atoms with van der Waals surface area (Å²) in [5, 5.41) is 8.96. The normalized spacial score (nSPS) is 15.9. The molecule has 7 nitrogen and oxygen atoms in total. The van der Waals surface area contributed by atoms with E-state index in [1.54, 1.807) is 0 Å². The third-order valence-electron chi connectivity index (χ3n) is 2.28. The Bertz CT molecular complexity index is 370. The van der Waals surface area contributed by atoms with Crippen molar-refractivity contribution in [1.29, 1.82) is 0 Å². The zero-order chi connectivity index (χ0) is 11.4. The predicted molar refractivity (Wildman–Crippen MR) is 54.6 cm³/mol. The highest BCUT2D eigenvalue weighted by Gasteiger charge is 2.23. The number of nitrogens with one attached hydrogen (secondary N) is 2. The molecule has 16 heavy (non-hydrogen) atoms. The lowest BCUT2D eigenvalue weighted by molar-refractivity contribution is -0.143. The summed E-state index contributed by atoms with van der Waals surface area (Å²) >= 11 is 0. The van der Waals surface area contributed by atoms with Crippen LogP contribution < -0.4 is 10.6 Å². The van der Waals surface area contributed by atoms with Crippen molar-refractivity contribution in [2.75, 3.05) is 31.5 Å². The minimum Gasteiger partial charge on any atom is -0.363 e. The van der Waals surface area contributed by atoms with Gasteiger partial charge < -0.3 is 14.7 Å². The molecule has 2 amide bonds. The molecule has 0 bridgehead atoms. The smallest absolute Gasteiger partial charge is 0.315 e. The zero-order valence-corrected chi connectivity index (χ0v) is 8.60. The molecule has 2 heterocycles. The molecule has 1 saturated heterocycles. The lowest BCUT2D eigenvalue weighted by Crippen LogP contribution is -2.49. The molecule has 86 valence electrons. The molecule has 0 saturated carbocycles. The van der Waals surface area contributed by atoms with Crippen LogP contribution in [0, 0.1) is 0 Å². The van der Waals surface area contributed by atoms with Gasteiger partial charge in [0.25, 0.3) is 0 Å². The van der Waals surface area contributed by atoms with Crippen molar-refractivity contribution in [3.05, 3.63) is 12.3 Å². The second-order valence-electron chi connectivity index (χ2n) is 3.38. The molecule has 0 radical (unpaired) electrons. The van der Waals surface area contributed by atoms with E-state index in [9.17, 15) is 9.59 Å². The van der Waals surface area contributed by atoms with Crippen molar-refractivity contribution in [2.45, 2.75) is 0 Å². The van der Waals surface area contributed by atoms with Gasteiger partial charge in [-0.3, -0.25) is 14.9 Å². The molecule has 1 aromatic heterocycles. The molecule has 7 heteroatoms. The minimum atomic E-state index is -0.684. The number of carbonyl (C=O) groups excluding carboxylic acids is 2. The van der Waals surface area contributed by atoms with Crippen molar-refractivity contribution >= 4 is 17.6 Å².